The first kappa shape index (κ1) is 13.9. The number of hydrogen-bond donors (Lipinski definition) is 1. The first-order valence-electron chi connectivity index (χ1n) is 6.65. The van der Waals surface area contributed by atoms with Gasteiger partial charge in [-0.25, -0.2) is 0 Å². The van der Waals surface area contributed by atoms with Gasteiger partial charge in [-0.3, -0.25) is 4.79 Å². The molecule has 4 nitrogen and oxygen atoms in total. The van der Waals surface area contributed by atoms with Gasteiger partial charge in [0.15, 0.2) is 5.78 Å². The van der Waals surface area contributed by atoms with Crippen molar-refractivity contribution in [1.29, 1.82) is 0 Å². The van der Waals surface area contributed by atoms with Gasteiger partial charge in [0.1, 0.15) is 11.5 Å². The van der Waals surface area contributed by atoms with Crippen molar-refractivity contribution in [2.24, 2.45) is 5.92 Å². The quantitative estimate of drug-likeness (QED) is 0.846. The highest BCUT2D eigenvalue weighted by Crippen LogP contribution is 2.33. The second-order valence-corrected chi connectivity index (χ2v) is 4.88. The Morgan fingerprint density at radius 3 is 2.68 bits per heavy atom. The van der Waals surface area contributed by atoms with Crippen molar-refractivity contribution in [2.75, 3.05) is 27.3 Å². The van der Waals surface area contributed by atoms with E-state index in [0.717, 1.165) is 37.2 Å². The lowest BCUT2D eigenvalue weighted by Crippen LogP contribution is -2.34. The molecule has 0 aliphatic carbocycles. The summed E-state index contributed by atoms with van der Waals surface area (Å²) in [6, 6.07) is 3.64. The predicted molar refractivity (Wildman–Crippen MR) is 74.2 cm³/mol. The third-order valence-corrected chi connectivity index (χ3v) is 3.71. The van der Waals surface area contributed by atoms with Crippen LogP contribution in [0.25, 0.3) is 0 Å². The van der Waals surface area contributed by atoms with Crippen molar-refractivity contribution in [2.45, 2.75) is 19.8 Å². The van der Waals surface area contributed by atoms with Crippen LogP contribution >= 0.6 is 0 Å². The molecule has 1 aromatic carbocycles. The Morgan fingerprint density at radius 2 is 2.11 bits per heavy atom. The molecular weight excluding hydrogens is 242 g/mol. The third-order valence-electron chi connectivity index (χ3n) is 3.71. The maximum Gasteiger partial charge on any atom is 0.170 e. The molecule has 1 fully saturated rings. The van der Waals surface area contributed by atoms with E-state index in [4.69, 9.17) is 9.47 Å². The minimum atomic E-state index is 0.0513. The molecule has 1 aliphatic heterocycles. The maximum absolute atomic E-state index is 12.6. The fourth-order valence-electron chi connectivity index (χ4n) is 2.65. The SMILES string of the molecule is COc1ccc(C(=O)C2CCCNC2)c(OC)c1C. The molecule has 1 unspecified atom stereocenters. The van der Waals surface area contributed by atoms with E-state index in [9.17, 15) is 4.79 Å². The number of piperidine rings is 1. The van der Waals surface area contributed by atoms with E-state index in [0.29, 0.717) is 11.3 Å². The third kappa shape index (κ3) is 2.73. The van der Waals surface area contributed by atoms with E-state index in [1.807, 2.05) is 19.1 Å². The molecule has 1 aliphatic rings. The van der Waals surface area contributed by atoms with Crippen LogP contribution in [-0.4, -0.2) is 33.1 Å². The minimum absolute atomic E-state index is 0.0513. The van der Waals surface area contributed by atoms with Crippen LogP contribution in [0.1, 0.15) is 28.8 Å². The van der Waals surface area contributed by atoms with Crippen LogP contribution in [0.5, 0.6) is 11.5 Å². The number of Topliss-reactive ketones (excluding diaryl/α,β-unsaturated/α-hetero) is 1. The topological polar surface area (TPSA) is 47.6 Å². The number of methoxy groups -OCH3 is 2. The molecule has 19 heavy (non-hydrogen) atoms. The highest BCUT2D eigenvalue weighted by molar-refractivity contribution is 6.01. The van der Waals surface area contributed by atoms with Crippen LogP contribution in [0.3, 0.4) is 0 Å². The lowest BCUT2D eigenvalue weighted by atomic mass is 9.89. The summed E-state index contributed by atoms with van der Waals surface area (Å²) in [7, 11) is 3.21. The van der Waals surface area contributed by atoms with E-state index in [2.05, 4.69) is 5.32 Å². The summed E-state index contributed by atoms with van der Waals surface area (Å²) in [6.07, 6.45) is 1.99. The van der Waals surface area contributed by atoms with Crippen LogP contribution in [0.15, 0.2) is 12.1 Å². The van der Waals surface area contributed by atoms with Gasteiger partial charge < -0.3 is 14.8 Å². The molecule has 0 radical (unpaired) electrons. The normalized spacial score (nSPS) is 19.0. The second kappa shape index (κ2) is 6.06. The first-order valence-corrected chi connectivity index (χ1v) is 6.65. The highest BCUT2D eigenvalue weighted by atomic mass is 16.5. The molecule has 0 aromatic heterocycles. The van der Waals surface area contributed by atoms with Crippen LogP contribution in [0.2, 0.25) is 0 Å². The lowest BCUT2D eigenvalue weighted by molar-refractivity contribution is 0.0896. The summed E-state index contributed by atoms with van der Waals surface area (Å²) in [5, 5.41) is 3.27. The van der Waals surface area contributed by atoms with Crippen LogP contribution in [0, 0.1) is 12.8 Å². The molecule has 4 heteroatoms. The Hall–Kier alpha value is -1.55. The Morgan fingerprint density at radius 1 is 1.32 bits per heavy atom. The van der Waals surface area contributed by atoms with Crippen molar-refractivity contribution < 1.29 is 14.3 Å². The Balaban J connectivity index is 2.33. The van der Waals surface area contributed by atoms with Crippen molar-refractivity contribution in [1.82, 2.24) is 5.32 Å². The van der Waals surface area contributed by atoms with E-state index >= 15 is 0 Å². The van der Waals surface area contributed by atoms with Gasteiger partial charge in [-0.15, -0.1) is 0 Å². The smallest absolute Gasteiger partial charge is 0.170 e. The maximum atomic E-state index is 12.6. The van der Waals surface area contributed by atoms with Crippen LogP contribution in [0.4, 0.5) is 0 Å². The van der Waals surface area contributed by atoms with Gasteiger partial charge in [0.05, 0.1) is 19.8 Å². The summed E-state index contributed by atoms with van der Waals surface area (Å²) < 4.78 is 10.7. The highest BCUT2D eigenvalue weighted by Gasteiger charge is 2.26. The molecule has 104 valence electrons. The molecular formula is C15H21NO3. The van der Waals surface area contributed by atoms with Gasteiger partial charge >= 0.3 is 0 Å². The van der Waals surface area contributed by atoms with Crippen molar-refractivity contribution in [3.05, 3.63) is 23.3 Å². The number of hydrogen-bond acceptors (Lipinski definition) is 4. The molecule has 1 aromatic rings. The number of carbonyl (C=O) groups is 1. The summed E-state index contributed by atoms with van der Waals surface area (Å²) in [4.78, 5) is 12.6. The number of ketones is 1. The molecule has 2 rings (SSSR count). The molecule has 0 saturated carbocycles. The van der Waals surface area contributed by atoms with Crippen LogP contribution in [-0.2, 0) is 0 Å². The zero-order chi connectivity index (χ0) is 13.8. The molecule has 0 spiro atoms. The Kier molecular flexibility index (Phi) is 4.43. The van der Waals surface area contributed by atoms with Gasteiger partial charge in [0, 0.05) is 18.0 Å². The number of carbonyl (C=O) groups excluding carboxylic acids is 1. The number of nitrogens with one attached hydrogen (secondary N) is 1. The van der Waals surface area contributed by atoms with E-state index in [1.54, 1.807) is 14.2 Å². The van der Waals surface area contributed by atoms with Crippen molar-refractivity contribution in [3.8, 4) is 11.5 Å². The number of ether oxygens (including phenoxy) is 2. The minimum Gasteiger partial charge on any atom is -0.496 e. The van der Waals surface area contributed by atoms with E-state index < -0.39 is 0 Å². The fraction of sp³-hybridized carbons (Fsp3) is 0.533. The molecule has 0 amide bonds. The summed E-state index contributed by atoms with van der Waals surface area (Å²) in [6.45, 7) is 3.67. The fourth-order valence-corrected chi connectivity index (χ4v) is 2.65. The van der Waals surface area contributed by atoms with Crippen LogP contribution < -0.4 is 14.8 Å². The van der Waals surface area contributed by atoms with E-state index in [-0.39, 0.29) is 11.7 Å². The Labute approximate surface area is 114 Å². The largest absolute Gasteiger partial charge is 0.496 e. The van der Waals surface area contributed by atoms with E-state index in [1.165, 1.54) is 0 Å². The van der Waals surface area contributed by atoms with Gasteiger partial charge in [-0.1, -0.05) is 0 Å². The van der Waals surface area contributed by atoms with Crippen molar-refractivity contribution >= 4 is 5.78 Å². The Bertz CT molecular complexity index is 465. The van der Waals surface area contributed by atoms with Crippen molar-refractivity contribution in [3.63, 3.8) is 0 Å². The van der Waals surface area contributed by atoms with Gasteiger partial charge in [-0.05, 0) is 38.4 Å². The second-order valence-electron chi connectivity index (χ2n) is 4.88. The molecule has 0 bridgehead atoms. The average molecular weight is 263 g/mol. The standard InChI is InChI=1S/C15H21NO3/c1-10-13(18-2)7-6-12(15(10)19-3)14(17)11-5-4-8-16-9-11/h6-7,11,16H,4-5,8-9H2,1-3H3. The average Bonchev–Trinajstić information content (AvgIpc) is 2.47. The first-order chi connectivity index (χ1) is 9.19. The van der Waals surface area contributed by atoms with Gasteiger partial charge in [0.2, 0.25) is 0 Å². The molecule has 1 atom stereocenters. The molecule has 1 heterocycles. The monoisotopic (exact) mass is 263 g/mol. The summed E-state index contributed by atoms with van der Waals surface area (Å²) in [5.74, 6) is 1.59. The van der Waals surface area contributed by atoms with Gasteiger partial charge in [-0.2, -0.15) is 0 Å². The molecule has 1 saturated heterocycles. The zero-order valence-corrected chi connectivity index (χ0v) is 11.8. The number of benzene rings is 1. The summed E-state index contributed by atoms with van der Waals surface area (Å²) >= 11 is 0. The molecule has 1 N–H and O–H groups in total. The lowest BCUT2D eigenvalue weighted by Gasteiger charge is -2.23. The predicted octanol–water partition coefficient (Wildman–Crippen LogP) is 2.19. The number of rotatable bonds is 4. The zero-order valence-electron chi connectivity index (χ0n) is 11.8. The van der Waals surface area contributed by atoms with Gasteiger partial charge in [0.25, 0.3) is 0 Å². The summed E-state index contributed by atoms with van der Waals surface area (Å²) in [5.41, 5.74) is 1.54.